The molecule has 13 nitrogen and oxygen atoms in total. The molecule has 0 spiro atoms. The highest BCUT2D eigenvalue weighted by Gasteiger charge is 2.34. The van der Waals surface area contributed by atoms with Crippen molar-refractivity contribution < 1.29 is 19.0 Å². The van der Waals surface area contributed by atoms with Gasteiger partial charge >= 0.3 is 5.97 Å². The third-order valence-electron chi connectivity index (χ3n) is 8.05. The molecule has 3 aromatic heterocycles. The number of carbonyl (C=O) groups excluding carboxylic acids is 1. The number of carbonyl (C=O) groups is 1. The topological polar surface area (TPSA) is 149 Å². The number of methoxy groups -OCH3 is 2. The van der Waals surface area contributed by atoms with Crippen molar-refractivity contribution in [3.05, 3.63) is 116 Å². The molecule has 0 aliphatic rings. The van der Waals surface area contributed by atoms with Crippen LogP contribution in [-0.2, 0) is 11.3 Å². The summed E-state index contributed by atoms with van der Waals surface area (Å²) in [5.41, 5.74) is 3.25. The molecule has 51 heavy (non-hydrogen) atoms. The number of rotatable bonds is 13. The Kier molecular flexibility index (Phi) is 11.3. The zero-order valence-corrected chi connectivity index (χ0v) is 30.2. The smallest absolute Gasteiger partial charge is 0.359 e. The Morgan fingerprint density at radius 1 is 1.08 bits per heavy atom. The van der Waals surface area contributed by atoms with Crippen LogP contribution in [0.25, 0.3) is 5.69 Å². The maximum absolute atomic E-state index is 14.1. The van der Waals surface area contributed by atoms with Gasteiger partial charge in [0.1, 0.15) is 17.1 Å². The molecule has 0 fully saturated rings. The highest BCUT2D eigenvalue weighted by molar-refractivity contribution is 6.30. The summed E-state index contributed by atoms with van der Waals surface area (Å²) in [5, 5.41) is 18.1. The van der Waals surface area contributed by atoms with E-state index in [0.717, 1.165) is 5.56 Å². The van der Waals surface area contributed by atoms with Crippen LogP contribution >= 0.6 is 11.6 Å². The summed E-state index contributed by atoms with van der Waals surface area (Å²) >= 11 is 6.63. The monoisotopic (exact) mass is 710 g/mol. The second kappa shape index (κ2) is 15.8. The van der Waals surface area contributed by atoms with Gasteiger partial charge in [0.2, 0.25) is 11.8 Å². The second-order valence-electron chi connectivity index (χ2n) is 12.1. The lowest BCUT2D eigenvalue weighted by Gasteiger charge is -2.24. The zero-order valence-electron chi connectivity index (χ0n) is 29.5. The van der Waals surface area contributed by atoms with E-state index in [1.54, 1.807) is 66.3 Å². The number of anilines is 2. The summed E-state index contributed by atoms with van der Waals surface area (Å²) in [5.74, 6) is 0.452. The third kappa shape index (κ3) is 7.81. The standard InChI is InChI=1S/C37H39ClN8O5/c1-8-51-36(48)32-30(33(22(2)3)46(43-32)29-19-40-37(44(4)5)42-34(29)50-7)31(25-13-9-23(18-39)10-14-25)41-28-17-26(38)21-45(35(28)47)20-24-11-15-27(49-6)16-12-24/h9-17,19,21-22,31,41H,8,20H2,1-7H3. The summed E-state index contributed by atoms with van der Waals surface area (Å²) in [6.45, 7) is 5.98. The van der Waals surface area contributed by atoms with Gasteiger partial charge in [0.25, 0.3) is 5.56 Å². The Morgan fingerprint density at radius 2 is 1.78 bits per heavy atom. The number of benzene rings is 2. The predicted octanol–water partition coefficient (Wildman–Crippen LogP) is 5.98. The fraction of sp³-hybridized carbons (Fsp3) is 0.297. The van der Waals surface area contributed by atoms with Gasteiger partial charge in [-0.05, 0) is 54.3 Å². The normalized spacial score (nSPS) is 11.5. The largest absolute Gasteiger partial charge is 0.497 e. The van der Waals surface area contributed by atoms with Crippen LogP contribution in [0.3, 0.4) is 0 Å². The number of aromatic nitrogens is 5. The van der Waals surface area contributed by atoms with Crippen LogP contribution in [0.2, 0.25) is 5.02 Å². The first kappa shape index (κ1) is 36.4. The Hall–Kier alpha value is -5.87. The van der Waals surface area contributed by atoms with E-state index < -0.39 is 12.0 Å². The molecule has 2 aromatic carbocycles. The maximum atomic E-state index is 14.1. The number of ether oxygens (including phenoxy) is 3. The average Bonchev–Trinajstić information content (AvgIpc) is 3.53. The van der Waals surface area contributed by atoms with Gasteiger partial charge in [-0.1, -0.05) is 49.7 Å². The van der Waals surface area contributed by atoms with Crippen molar-refractivity contribution in [3.63, 3.8) is 0 Å². The molecule has 0 aliphatic heterocycles. The fourth-order valence-electron chi connectivity index (χ4n) is 5.65. The molecule has 5 aromatic rings. The van der Waals surface area contributed by atoms with Gasteiger partial charge in [-0.25, -0.2) is 14.5 Å². The van der Waals surface area contributed by atoms with E-state index in [1.165, 1.54) is 11.7 Å². The molecule has 14 heteroatoms. The van der Waals surface area contributed by atoms with Gasteiger partial charge in [-0.15, -0.1) is 0 Å². The molecule has 3 heterocycles. The average molecular weight is 711 g/mol. The molecule has 0 saturated carbocycles. The molecule has 5 rings (SSSR count). The van der Waals surface area contributed by atoms with Crippen molar-refractivity contribution >= 4 is 29.2 Å². The van der Waals surface area contributed by atoms with Crippen molar-refractivity contribution in [2.45, 2.75) is 39.3 Å². The van der Waals surface area contributed by atoms with Crippen LogP contribution in [0, 0.1) is 11.3 Å². The number of hydrogen-bond donors (Lipinski definition) is 1. The zero-order chi connectivity index (χ0) is 36.8. The van der Waals surface area contributed by atoms with Crippen LogP contribution in [-0.4, -0.2) is 65.2 Å². The highest BCUT2D eigenvalue weighted by Crippen LogP contribution is 2.38. The van der Waals surface area contributed by atoms with Crippen LogP contribution in [0.1, 0.15) is 71.2 Å². The van der Waals surface area contributed by atoms with Gasteiger partial charge in [-0.2, -0.15) is 15.3 Å². The number of nitrogens with one attached hydrogen (secondary N) is 1. The molecule has 1 atom stereocenters. The number of halogens is 1. The lowest BCUT2D eigenvalue weighted by Crippen LogP contribution is -2.27. The van der Waals surface area contributed by atoms with Gasteiger partial charge in [0.15, 0.2) is 5.69 Å². The Balaban J connectivity index is 1.75. The van der Waals surface area contributed by atoms with E-state index in [1.807, 2.05) is 52.2 Å². The molecule has 264 valence electrons. The number of nitrogens with zero attached hydrogens (tertiary/aromatic N) is 7. The van der Waals surface area contributed by atoms with Gasteiger partial charge in [0, 0.05) is 25.9 Å². The van der Waals surface area contributed by atoms with Crippen molar-refractivity contribution in [3.8, 4) is 23.4 Å². The number of nitriles is 1. The number of hydrogen-bond acceptors (Lipinski definition) is 11. The van der Waals surface area contributed by atoms with E-state index in [-0.39, 0.29) is 41.9 Å². The van der Waals surface area contributed by atoms with Crippen molar-refractivity contribution in [2.75, 3.05) is 45.1 Å². The van der Waals surface area contributed by atoms with E-state index >= 15 is 0 Å². The molecule has 0 saturated heterocycles. The van der Waals surface area contributed by atoms with E-state index in [2.05, 4.69) is 21.4 Å². The van der Waals surface area contributed by atoms with E-state index in [0.29, 0.717) is 44.8 Å². The van der Waals surface area contributed by atoms with Crippen molar-refractivity contribution in [2.24, 2.45) is 0 Å². The molecule has 1 N–H and O–H groups in total. The van der Waals surface area contributed by atoms with E-state index in [9.17, 15) is 14.9 Å². The quantitative estimate of drug-likeness (QED) is 0.144. The van der Waals surface area contributed by atoms with Crippen LogP contribution in [0.4, 0.5) is 11.6 Å². The molecule has 0 radical (unpaired) electrons. The summed E-state index contributed by atoms with van der Waals surface area (Å²) in [7, 11) is 6.71. The number of esters is 1. The fourth-order valence-corrected chi connectivity index (χ4v) is 5.88. The molecule has 1 unspecified atom stereocenters. The Labute approximate surface area is 301 Å². The third-order valence-corrected chi connectivity index (χ3v) is 8.25. The molecular weight excluding hydrogens is 672 g/mol. The minimum atomic E-state index is -0.850. The lowest BCUT2D eigenvalue weighted by molar-refractivity contribution is 0.0517. The minimum Gasteiger partial charge on any atom is -0.497 e. The first-order chi connectivity index (χ1) is 24.5. The molecule has 0 bridgehead atoms. The first-order valence-electron chi connectivity index (χ1n) is 16.2. The number of pyridine rings is 1. The first-order valence-corrected chi connectivity index (χ1v) is 16.5. The molecule has 0 amide bonds. The summed E-state index contributed by atoms with van der Waals surface area (Å²) in [6.07, 6.45) is 3.15. The summed E-state index contributed by atoms with van der Waals surface area (Å²) in [4.78, 5) is 38.7. The Bertz CT molecular complexity index is 2120. The maximum Gasteiger partial charge on any atom is 0.359 e. The van der Waals surface area contributed by atoms with Crippen LogP contribution in [0.15, 0.2) is 71.8 Å². The van der Waals surface area contributed by atoms with Crippen LogP contribution < -0.4 is 25.2 Å². The van der Waals surface area contributed by atoms with Crippen molar-refractivity contribution in [1.29, 1.82) is 5.26 Å². The summed E-state index contributed by atoms with van der Waals surface area (Å²) in [6, 6.07) is 17.1. The summed E-state index contributed by atoms with van der Waals surface area (Å²) < 4.78 is 19.6. The van der Waals surface area contributed by atoms with E-state index in [4.69, 9.17) is 30.9 Å². The highest BCUT2D eigenvalue weighted by atomic mass is 35.5. The van der Waals surface area contributed by atoms with Crippen molar-refractivity contribution in [1.82, 2.24) is 24.3 Å². The van der Waals surface area contributed by atoms with Gasteiger partial charge in [0.05, 0.1) is 62.0 Å². The lowest BCUT2D eigenvalue weighted by atomic mass is 9.91. The van der Waals surface area contributed by atoms with Crippen LogP contribution in [0.5, 0.6) is 11.6 Å². The van der Waals surface area contributed by atoms with Gasteiger partial charge in [-0.3, -0.25) is 4.79 Å². The Morgan fingerprint density at radius 3 is 2.37 bits per heavy atom. The van der Waals surface area contributed by atoms with Gasteiger partial charge < -0.3 is 29.0 Å². The molecular formula is C37H39ClN8O5. The predicted molar refractivity (Wildman–Crippen MR) is 195 cm³/mol. The minimum absolute atomic E-state index is 0.0155. The second-order valence-corrected chi connectivity index (χ2v) is 12.5. The molecule has 0 aliphatic carbocycles. The SMILES string of the molecule is CCOC(=O)c1nn(-c2cnc(N(C)C)nc2OC)c(C(C)C)c1C(Nc1cc(Cl)cn(Cc2ccc(OC)cc2)c1=O)c1ccc(C#N)cc1.